The molecule has 0 aliphatic rings. The number of anilines is 1. The molecule has 4 heteroatoms. The Labute approximate surface area is 116 Å². The van der Waals surface area contributed by atoms with Gasteiger partial charge in [0, 0.05) is 12.1 Å². The molecule has 0 heterocycles. The molecule has 0 aliphatic heterocycles. The number of benzene rings is 2. The van der Waals surface area contributed by atoms with E-state index < -0.39 is 0 Å². The Kier molecular flexibility index (Phi) is 4.00. The Bertz CT molecular complexity index is 549. The van der Waals surface area contributed by atoms with Crippen LogP contribution in [0.1, 0.15) is 11.1 Å². The molecule has 0 fully saturated rings. The second-order valence-electron chi connectivity index (χ2n) is 4.08. The topological polar surface area (TPSA) is 32.3 Å². The van der Waals surface area contributed by atoms with Gasteiger partial charge in [-0.05, 0) is 25.1 Å². The molecule has 0 bridgehead atoms. The average Bonchev–Trinajstić information content (AvgIpc) is 2.33. The molecule has 0 aromatic heterocycles. The maximum Gasteiger partial charge on any atom is 0.120 e. The fourth-order valence-corrected chi connectivity index (χ4v) is 2.24. The molecule has 2 aromatic rings. The summed E-state index contributed by atoms with van der Waals surface area (Å²) >= 11 is 12.1. The van der Waals surface area contributed by atoms with Gasteiger partial charge in [0.15, 0.2) is 0 Å². The van der Waals surface area contributed by atoms with E-state index in [1.165, 1.54) is 0 Å². The Balaban J connectivity index is 2.19. The molecule has 0 aliphatic carbocycles. The molecule has 0 unspecified atom stereocenters. The summed E-state index contributed by atoms with van der Waals surface area (Å²) < 4.78 is 0. The second kappa shape index (κ2) is 5.51. The lowest BCUT2D eigenvalue weighted by molar-refractivity contribution is 0.469. The highest BCUT2D eigenvalue weighted by Crippen LogP contribution is 2.31. The van der Waals surface area contributed by atoms with Gasteiger partial charge in [-0.1, -0.05) is 47.0 Å². The maximum atomic E-state index is 9.75. The summed E-state index contributed by atoms with van der Waals surface area (Å²) in [5.74, 6) is 0.260. The molecule has 2 aromatic carbocycles. The lowest BCUT2D eigenvalue weighted by Crippen LogP contribution is -2.01. The fraction of sp³-hybridized carbons (Fsp3) is 0.143. The predicted molar refractivity (Wildman–Crippen MR) is 76.6 cm³/mol. The average molecular weight is 282 g/mol. The zero-order valence-corrected chi connectivity index (χ0v) is 11.4. The second-order valence-corrected chi connectivity index (χ2v) is 4.90. The first kappa shape index (κ1) is 13.1. The number of aryl methyl sites for hydroxylation is 1. The van der Waals surface area contributed by atoms with Gasteiger partial charge in [0.2, 0.25) is 0 Å². The Hall–Kier alpha value is -1.38. The number of hydrogen-bond donors (Lipinski definition) is 2. The third-order valence-corrected chi connectivity index (χ3v) is 3.28. The van der Waals surface area contributed by atoms with Crippen molar-refractivity contribution in [3.05, 3.63) is 57.6 Å². The van der Waals surface area contributed by atoms with Crippen LogP contribution in [-0.4, -0.2) is 5.11 Å². The summed E-state index contributed by atoms with van der Waals surface area (Å²) in [6.07, 6.45) is 0. The molecule has 0 saturated carbocycles. The van der Waals surface area contributed by atoms with Gasteiger partial charge in [0.25, 0.3) is 0 Å². The molecular formula is C14H13Cl2NO. The van der Waals surface area contributed by atoms with Gasteiger partial charge < -0.3 is 10.4 Å². The van der Waals surface area contributed by atoms with Crippen LogP contribution in [0, 0.1) is 6.92 Å². The first-order valence-corrected chi connectivity index (χ1v) is 6.30. The number of halogens is 2. The van der Waals surface area contributed by atoms with E-state index in [1.54, 1.807) is 24.3 Å². The highest BCUT2D eigenvalue weighted by atomic mass is 35.5. The van der Waals surface area contributed by atoms with Crippen LogP contribution in [0.3, 0.4) is 0 Å². The smallest absolute Gasteiger partial charge is 0.120 e. The summed E-state index contributed by atoms with van der Waals surface area (Å²) in [5.41, 5.74) is 2.59. The monoisotopic (exact) mass is 281 g/mol. The van der Waals surface area contributed by atoms with Gasteiger partial charge in [-0.3, -0.25) is 0 Å². The lowest BCUT2D eigenvalue weighted by Gasteiger charge is -2.11. The summed E-state index contributed by atoms with van der Waals surface area (Å²) in [6, 6.07) is 10.8. The minimum Gasteiger partial charge on any atom is -0.508 e. The van der Waals surface area contributed by atoms with E-state index in [4.69, 9.17) is 23.2 Å². The molecule has 0 spiro atoms. The van der Waals surface area contributed by atoms with E-state index >= 15 is 0 Å². The summed E-state index contributed by atoms with van der Waals surface area (Å²) in [6.45, 7) is 2.45. The van der Waals surface area contributed by atoms with E-state index in [1.807, 2.05) is 19.1 Å². The molecule has 0 saturated heterocycles. The lowest BCUT2D eigenvalue weighted by atomic mass is 10.1. The SMILES string of the molecule is Cc1ccc(O)c(CNc2c(Cl)cccc2Cl)c1. The molecule has 0 radical (unpaired) electrons. The van der Waals surface area contributed by atoms with Crippen molar-refractivity contribution in [1.82, 2.24) is 0 Å². The van der Waals surface area contributed by atoms with Crippen molar-refractivity contribution in [1.29, 1.82) is 0 Å². The molecule has 94 valence electrons. The summed E-state index contributed by atoms with van der Waals surface area (Å²) in [5, 5.41) is 14.0. The van der Waals surface area contributed by atoms with Crippen LogP contribution < -0.4 is 5.32 Å². The zero-order valence-electron chi connectivity index (χ0n) is 9.87. The first-order valence-electron chi connectivity index (χ1n) is 5.54. The molecular weight excluding hydrogens is 269 g/mol. The van der Waals surface area contributed by atoms with Gasteiger partial charge >= 0.3 is 0 Å². The third kappa shape index (κ3) is 2.89. The molecule has 2 rings (SSSR count). The van der Waals surface area contributed by atoms with Gasteiger partial charge in [-0.25, -0.2) is 0 Å². The molecule has 2 nitrogen and oxygen atoms in total. The number of nitrogens with one attached hydrogen (secondary N) is 1. The van der Waals surface area contributed by atoms with Crippen LogP contribution in [0.25, 0.3) is 0 Å². The fourth-order valence-electron chi connectivity index (χ4n) is 1.71. The Morgan fingerprint density at radius 1 is 1.11 bits per heavy atom. The zero-order chi connectivity index (χ0) is 13.1. The summed E-state index contributed by atoms with van der Waals surface area (Å²) in [4.78, 5) is 0. The van der Waals surface area contributed by atoms with Gasteiger partial charge in [-0.2, -0.15) is 0 Å². The van der Waals surface area contributed by atoms with Crippen molar-refractivity contribution in [3.8, 4) is 5.75 Å². The minimum atomic E-state index is 0.260. The molecule has 0 atom stereocenters. The first-order chi connectivity index (χ1) is 8.58. The summed E-state index contributed by atoms with van der Waals surface area (Å²) in [7, 11) is 0. The van der Waals surface area contributed by atoms with E-state index in [0.29, 0.717) is 22.3 Å². The standard InChI is InChI=1S/C14H13Cl2NO/c1-9-5-6-13(18)10(7-9)8-17-14-11(15)3-2-4-12(14)16/h2-7,17-18H,8H2,1H3. The number of phenolic OH excluding ortho intramolecular Hbond substituents is 1. The van der Waals surface area contributed by atoms with Crippen molar-refractivity contribution in [2.24, 2.45) is 0 Å². The van der Waals surface area contributed by atoms with Crippen molar-refractivity contribution in [3.63, 3.8) is 0 Å². The third-order valence-electron chi connectivity index (χ3n) is 2.65. The van der Waals surface area contributed by atoms with Crippen molar-refractivity contribution in [2.75, 3.05) is 5.32 Å². The Morgan fingerprint density at radius 3 is 2.44 bits per heavy atom. The van der Waals surface area contributed by atoms with Crippen molar-refractivity contribution < 1.29 is 5.11 Å². The maximum absolute atomic E-state index is 9.75. The molecule has 0 amide bonds. The van der Waals surface area contributed by atoms with Crippen LogP contribution in [0.4, 0.5) is 5.69 Å². The van der Waals surface area contributed by atoms with E-state index in [0.717, 1.165) is 11.1 Å². The van der Waals surface area contributed by atoms with Crippen molar-refractivity contribution >= 4 is 28.9 Å². The van der Waals surface area contributed by atoms with Gasteiger partial charge in [0.05, 0.1) is 15.7 Å². The number of hydrogen-bond acceptors (Lipinski definition) is 2. The van der Waals surface area contributed by atoms with E-state index in [9.17, 15) is 5.11 Å². The van der Waals surface area contributed by atoms with Gasteiger partial charge in [0.1, 0.15) is 5.75 Å². The van der Waals surface area contributed by atoms with Crippen LogP contribution in [0.5, 0.6) is 5.75 Å². The number of aromatic hydroxyl groups is 1. The Morgan fingerprint density at radius 2 is 1.78 bits per heavy atom. The highest BCUT2D eigenvalue weighted by Gasteiger charge is 2.06. The van der Waals surface area contributed by atoms with Crippen LogP contribution in [-0.2, 0) is 6.54 Å². The predicted octanol–water partition coefficient (Wildman–Crippen LogP) is 4.62. The normalized spacial score (nSPS) is 10.4. The van der Waals surface area contributed by atoms with E-state index in [2.05, 4.69) is 5.32 Å². The van der Waals surface area contributed by atoms with Crippen LogP contribution in [0.15, 0.2) is 36.4 Å². The van der Waals surface area contributed by atoms with E-state index in [-0.39, 0.29) is 5.75 Å². The van der Waals surface area contributed by atoms with Crippen LogP contribution >= 0.6 is 23.2 Å². The van der Waals surface area contributed by atoms with Crippen molar-refractivity contribution in [2.45, 2.75) is 13.5 Å². The van der Waals surface area contributed by atoms with Gasteiger partial charge in [-0.15, -0.1) is 0 Å². The highest BCUT2D eigenvalue weighted by molar-refractivity contribution is 6.39. The molecule has 2 N–H and O–H groups in total. The number of para-hydroxylation sites is 1. The largest absolute Gasteiger partial charge is 0.508 e. The molecule has 18 heavy (non-hydrogen) atoms. The number of phenols is 1. The minimum absolute atomic E-state index is 0.260. The number of rotatable bonds is 3. The van der Waals surface area contributed by atoms with Crippen LogP contribution in [0.2, 0.25) is 10.0 Å². The quantitative estimate of drug-likeness (QED) is 0.861.